The van der Waals surface area contributed by atoms with Crippen molar-refractivity contribution in [2.45, 2.75) is 4.34 Å². The third kappa shape index (κ3) is 5.73. The molecule has 0 saturated carbocycles. The smallest absolute Gasteiger partial charge is 0.233 e. The lowest BCUT2D eigenvalue weighted by Crippen LogP contribution is -2.49. The molecule has 8 nitrogen and oxygen atoms in total. The molecule has 1 aromatic heterocycles. The van der Waals surface area contributed by atoms with Crippen molar-refractivity contribution in [1.29, 1.82) is 0 Å². The minimum absolute atomic E-state index is 0.142. The van der Waals surface area contributed by atoms with Gasteiger partial charge in [-0.2, -0.15) is 0 Å². The number of carbonyl (C=O) groups is 1. The van der Waals surface area contributed by atoms with E-state index in [4.69, 9.17) is 9.47 Å². The molecule has 2 aromatic rings. The number of amides is 1. The molecule has 152 valence electrons. The molecule has 0 aliphatic carbocycles. The van der Waals surface area contributed by atoms with E-state index in [0.29, 0.717) is 18.9 Å². The molecule has 0 unspecified atom stereocenters. The van der Waals surface area contributed by atoms with Crippen molar-refractivity contribution in [2.75, 3.05) is 69.5 Å². The van der Waals surface area contributed by atoms with Gasteiger partial charge in [0.25, 0.3) is 0 Å². The molecule has 0 bridgehead atoms. The number of anilines is 2. The second-order valence-electron chi connectivity index (χ2n) is 6.15. The van der Waals surface area contributed by atoms with Crippen LogP contribution in [0.25, 0.3) is 0 Å². The molecule has 0 spiro atoms. The van der Waals surface area contributed by atoms with Gasteiger partial charge < -0.3 is 24.6 Å². The molecule has 2 heterocycles. The normalized spacial score (nSPS) is 14.2. The number of rotatable bonds is 9. The van der Waals surface area contributed by atoms with Gasteiger partial charge in [0.05, 0.1) is 19.5 Å². The fraction of sp³-hybridized carbons (Fsp3) is 0.500. The Morgan fingerprint density at radius 1 is 1.18 bits per heavy atom. The van der Waals surface area contributed by atoms with Crippen molar-refractivity contribution < 1.29 is 14.3 Å². The zero-order valence-corrected chi connectivity index (χ0v) is 17.7. The molecule has 1 aliphatic heterocycles. The second-order valence-corrected chi connectivity index (χ2v) is 8.35. The van der Waals surface area contributed by atoms with E-state index in [1.165, 1.54) is 23.1 Å². The van der Waals surface area contributed by atoms with Crippen LogP contribution in [0.2, 0.25) is 0 Å². The van der Waals surface area contributed by atoms with Crippen molar-refractivity contribution in [3.8, 4) is 5.75 Å². The number of hydrogen-bond donors (Lipinski definition) is 1. The first-order valence-electron chi connectivity index (χ1n) is 9.05. The van der Waals surface area contributed by atoms with Gasteiger partial charge in [0, 0.05) is 45.5 Å². The van der Waals surface area contributed by atoms with Crippen molar-refractivity contribution in [3.63, 3.8) is 0 Å². The highest BCUT2D eigenvalue weighted by molar-refractivity contribution is 8.01. The van der Waals surface area contributed by atoms with Gasteiger partial charge in [-0.05, 0) is 24.3 Å². The fourth-order valence-electron chi connectivity index (χ4n) is 2.82. The van der Waals surface area contributed by atoms with Crippen molar-refractivity contribution >= 4 is 39.8 Å². The number of ether oxygens (including phenoxy) is 2. The minimum Gasteiger partial charge on any atom is -0.497 e. The lowest BCUT2D eigenvalue weighted by atomic mass is 10.2. The summed E-state index contributed by atoms with van der Waals surface area (Å²) in [6.07, 6.45) is 0. The fourth-order valence-corrected chi connectivity index (χ4v) is 4.50. The number of methoxy groups -OCH3 is 2. The van der Waals surface area contributed by atoms with Gasteiger partial charge in [-0.25, -0.2) is 0 Å². The Hall–Kier alpha value is -2.04. The first-order valence-corrected chi connectivity index (χ1v) is 10.9. The number of hydrogen-bond acceptors (Lipinski definition) is 9. The van der Waals surface area contributed by atoms with E-state index < -0.39 is 0 Å². The Morgan fingerprint density at radius 2 is 1.93 bits per heavy atom. The highest BCUT2D eigenvalue weighted by Crippen LogP contribution is 2.26. The summed E-state index contributed by atoms with van der Waals surface area (Å²) in [5.41, 5.74) is 1.16. The molecule has 1 N–H and O–H groups in total. The van der Waals surface area contributed by atoms with E-state index in [0.717, 1.165) is 47.1 Å². The van der Waals surface area contributed by atoms with Crippen LogP contribution >= 0.6 is 23.1 Å². The maximum atomic E-state index is 12.5. The minimum atomic E-state index is 0.142. The third-order valence-electron chi connectivity index (χ3n) is 4.38. The highest BCUT2D eigenvalue weighted by atomic mass is 32.2. The number of benzene rings is 1. The molecule has 1 aliphatic rings. The molecule has 28 heavy (non-hydrogen) atoms. The van der Waals surface area contributed by atoms with Crippen molar-refractivity contribution in [2.24, 2.45) is 0 Å². The average Bonchev–Trinajstić information content (AvgIpc) is 3.20. The van der Waals surface area contributed by atoms with E-state index in [9.17, 15) is 4.79 Å². The van der Waals surface area contributed by atoms with Crippen LogP contribution in [0.5, 0.6) is 5.75 Å². The summed E-state index contributed by atoms with van der Waals surface area (Å²) in [4.78, 5) is 16.7. The zero-order valence-electron chi connectivity index (χ0n) is 16.1. The van der Waals surface area contributed by atoms with Crippen LogP contribution < -0.4 is 15.0 Å². The van der Waals surface area contributed by atoms with E-state index in [-0.39, 0.29) is 5.91 Å². The Morgan fingerprint density at radius 3 is 2.61 bits per heavy atom. The first kappa shape index (κ1) is 20.7. The molecule has 1 fully saturated rings. The summed E-state index contributed by atoms with van der Waals surface area (Å²) in [5.74, 6) is 1.38. The maximum absolute atomic E-state index is 12.5. The molecule has 1 aromatic carbocycles. The van der Waals surface area contributed by atoms with Gasteiger partial charge in [-0.3, -0.25) is 4.79 Å². The Balaban J connectivity index is 1.41. The average molecular weight is 424 g/mol. The van der Waals surface area contributed by atoms with Gasteiger partial charge in [0.2, 0.25) is 11.0 Å². The second kappa shape index (κ2) is 10.5. The van der Waals surface area contributed by atoms with Gasteiger partial charge in [-0.15, -0.1) is 10.2 Å². The molecular weight excluding hydrogens is 398 g/mol. The van der Waals surface area contributed by atoms with Gasteiger partial charge in [0.15, 0.2) is 4.34 Å². The Labute approximate surface area is 173 Å². The van der Waals surface area contributed by atoms with Crippen LogP contribution in [0.3, 0.4) is 0 Å². The standard InChI is InChI=1S/C18H25N5O3S2/c1-25-12-7-19-17-20-21-18(28-17)27-13-16(24)23-10-8-22(9-11-23)14-3-5-15(26-2)6-4-14/h3-6H,7-13H2,1-2H3,(H,19,20). The zero-order chi connectivity index (χ0) is 19.8. The van der Waals surface area contributed by atoms with Crippen LogP contribution in [-0.2, 0) is 9.53 Å². The largest absolute Gasteiger partial charge is 0.497 e. The predicted molar refractivity (Wildman–Crippen MR) is 113 cm³/mol. The van der Waals surface area contributed by atoms with Crippen LogP contribution in [0.1, 0.15) is 0 Å². The monoisotopic (exact) mass is 423 g/mol. The first-order chi connectivity index (χ1) is 13.7. The topological polar surface area (TPSA) is 79.8 Å². The number of carbonyl (C=O) groups excluding carboxylic acids is 1. The molecule has 1 amide bonds. The van der Waals surface area contributed by atoms with Crippen LogP contribution in [0.4, 0.5) is 10.8 Å². The number of aromatic nitrogens is 2. The summed E-state index contributed by atoms with van der Waals surface area (Å²) in [6, 6.07) is 8.04. The summed E-state index contributed by atoms with van der Waals surface area (Å²) >= 11 is 2.90. The number of nitrogens with one attached hydrogen (secondary N) is 1. The molecule has 0 radical (unpaired) electrons. The quantitative estimate of drug-likeness (QED) is 0.485. The third-order valence-corrected chi connectivity index (χ3v) is 6.38. The molecule has 0 atom stereocenters. The predicted octanol–water partition coefficient (Wildman–Crippen LogP) is 2.05. The van der Waals surface area contributed by atoms with Crippen LogP contribution in [0.15, 0.2) is 28.6 Å². The number of piperazine rings is 1. The van der Waals surface area contributed by atoms with E-state index in [1.807, 2.05) is 17.0 Å². The summed E-state index contributed by atoms with van der Waals surface area (Å²) in [7, 11) is 3.32. The molecule has 1 saturated heterocycles. The summed E-state index contributed by atoms with van der Waals surface area (Å²) < 4.78 is 11.0. The van der Waals surface area contributed by atoms with E-state index in [2.05, 4.69) is 32.5 Å². The van der Waals surface area contributed by atoms with Crippen molar-refractivity contribution in [3.05, 3.63) is 24.3 Å². The molecule has 3 rings (SSSR count). The van der Waals surface area contributed by atoms with Crippen LogP contribution in [-0.4, -0.2) is 80.3 Å². The molecular formula is C18H25N5O3S2. The lowest BCUT2D eigenvalue weighted by molar-refractivity contribution is -0.128. The number of nitrogens with zero attached hydrogens (tertiary/aromatic N) is 4. The maximum Gasteiger partial charge on any atom is 0.233 e. The lowest BCUT2D eigenvalue weighted by Gasteiger charge is -2.36. The SMILES string of the molecule is COCCNc1nnc(SCC(=O)N2CCN(c3ccc(OC)cc3)CC2)s1. The highest BCUT2D eigenvalue weighted by Gasteiger charge is 2.21. The molecule has 10 heteroatoms. The summed E-state index contributed by atoms with van der Waals surface area (Å²) in [6.45, 7) is 4.41. The van der Waals surface area contributed by atoms with Crippen LogP contribution in [0, 0.1) is 0 Å². The van der Waals surface area contributed by atoms with Gasteiger partial charge >= 0.3 is 0 Å². The van der Waals surface area contributed by atoms with Gasteiger partial charge in [-0.1, -0.05) is 23.1 Å². The number of thioether (sulfide) groups is 1. The van der Waals surface area contributed by atoms with E-state index >= 15 is 0 Å². The summed E-state index contributed by atoms with van der Waals surface area (Å²) in [5, 5.41) is 12.1. The van der Waals surface area contributed by atoms with Crippen molar-refractivity contribution in [1.82, 2.24) is 15.1 Å². The Kier molecular flexibility index (Phi) is 7.75. The van der Waals surface area contributed by atoms with E-state index in [1.54, 1.807) is 14.2 Å². The van der Waals surface area contributed by atoms with Gasteiger partial charge in [0.1, 0.15) is 5.75 Å². The Bertz CT molecular complexity index is 748.